The number of rotatable bonds is 3. The summed E-state index contributed by atoms with van der Waals surface area (Å²) in [6.07, 6.45) is 1.37. The van der Waals surface area contributed by atoms with Crippen molar-refractivity contribution in [2.45, 2.75) is 19.1 Å². The van der Waals surface area contributed by atoms with Crippen molar-refractivity contribution in [1.82, 2.24) is 9.88 Å². The maximum absolute atomic E-state index is 13.3. The molecule has 30 heavy (non-hydrogen) atoms. The lowest BCUT2D eigenvalue weighted by Gasteiger charge is -2.39. The van der Waals surface area contributed by atoms with Crippen molar-refractivity contribution < 1.29 is 18.0 Å². The quantitative estimate of drug-likeness (QED) is 0.753. The molecular formula is C21H21F3N4O2. The average Bonchev–Trinajstić information content (AvgIpc) is 2.69. The van der Waals surface area contributed by atoms with E-state index in [9.17, 15) is 22.8 Å². The van der Waals surface area contributed by atoms with Gasteiger partial charge in [-0.3, -0.25) is 9.59 Å². The zero-order chi connectivity index (χ0) is 22.1. The van der Waals surface area contributed by atoms with Crippen molar-refractivity contribution in [2.75, 3.05) is 36.9 Å². The third-order valence-electron chi connectivity index (χ3n) is 5.19. The molecule has 2 heterocycles. The standard InChI is InChI=1S/C21H21F3N4O2/c1-4-14-5-6-18(28-8-7-27(3)13(2)12-28)17(9-14)26-20(30)15-11-25-19(29)10-16(15)21(22,23)24/h1,5-6,9-11,13H,7-8,12H2,2-3H3,(H,25,29)(H,26,30)/t13-/m0/s1. The number of H-pyrrole nitrogens is 1. The fraction of sp³-hybridized carbons (Fsp3) is 0.333. The van der Waals surface area contributed by atoms with Gasteiger partial charge in [0, 0.05) is 43.5 Å². The highest BCUT2D eigenvalue weighted by Gasteiger charge is 2.36. The minimum absolute atomic E-state index is 0.255. The number of pyridine rings is 1. The fourth-order valence-electron chi connectivity index (χ4n) is 3.35. The molecule has 0 aliphatic carbocycles. The van der Waals surface area contributed by atoms with Crippen molar-refractivity contribution in [1.29, 1.82) is 0 Å². The summed E-state index contributed by atoms with van der Waals surface area (Å²) in [4.78, 5) is 30.5. The first-order valence-electron chi connectivity index (χ1n) is 9.27. The lowest BCUT2D eigenvalue weighted by molar-refractivity contribution is -0.138. The molecule has 1 aromatic heterocycles. The second-order valence-corrected chi connectivity index (χ2v) is 7.23. The summed E-state index contributed by atoms with van der Waals surface area (Å²) in [6.45, 7) is 4.23. The third-order valence-corrected chi connectivity index (χ3v) is 5.19. The third kappa shape index (κ3) is 4.49. The number of carbonyl (C=O) groups excluding carboxylic acids is 1. The van der Waals surface area contributed by atoms with Gasteiger partial charge in [0.2, 0.25) is 5.56 Å². The number of amides is 1. The molecule has 0 radical (unpaired) electrons. The number of hydrogen-bond acceptors (Lipinski definition) is 4. The summed E-state index contributed by atoms with van der Waals surface area (Å²) in [5.74, 6) is 1.47. The van der Waals surface area contributed by atoms with Gasteiger partial charge in [-0.05, 0) is 32.2 Å². The Bertz CT molecular complexity index is 1060. The molecule has 0 bridgehead atoms. The summed E-state index contributed by atoms with van der Waals surface area (Å²) in [5.41, 5.74) is -1.46. The number of nitrogens with one attached hydrogen (secondary N) is 2. The van der Waals surface area contributed by atoms with Crippen molar-refractivity contribution >= 4 is 17.3 Å². The Labute approximate surface area is 171 Å². The molecule has 1 atom stereocenters. The number of alkyl halides is 3. The van der Waals surface area contributed by atoms with Gasteiger partial charge in [0.25, 0.3) is 5.91 Å². The molecule has 1 amide bonds. The number of benzene rings is 1. The molecule has 9 heteroatoms. The lowest BCUT2D eigenvalue weighted by atomic mass is 10.1. The number of likely N-dealkylation sites (N-methyl/N-ethyl adjacent to an activating group) is 1. The van der Waals surface area contributed by atoms with E-state index >= 15 is 0 Å². The maximum atomic E-state index is 13.3. The monoisotopic (exact) mass is 418 g/mol. The van der Waals surface area contributed by atoms with Crippen LogP contribution in [0.1, 0.15) is 28.4 Å². The normalized spacial score (nSPS) is 17.5. The van der Waals surface area contributed by atoms with Gasteiger partial charge in [0.1, 0.15) is 0 Å². The number of hydrogen-bond donors (Lipinski definition) is 2. The van der Waals surface area contributed by atoms with Crippen LogP contribution in [0.3, 0.4) is 0 Å². The first-order chi connectivity index (χ1) is 14.1. The summed E-state index contributed by atoms with van der Waals surface area (Å²) in [5, 5.41) is 2.55. The zero-order valence-corrected chi connectivity index (χ0v) is 16.5. The van der Waals surface area contributed by atoms with Gasteiger partial charge in [-0.2, -0.15) is 13.2 Å². The Morgan fingerprint density at radius 1 is 1.30 bits per heavy atom. The summed E-state index contributed by atoms with van der Waals surface area (Å²) in [6, 6.07) is 5.64. The molecule has 2 N–H and O–H groups in total. The Morgan fingerprint density at radius 3 is 2.67 bits per heavy atom. The van der Waals surface area contributed by atoms with Crippen molar-refractivity contribution in [3.63, 3.8) is 0 Å². The summed E-state index contributed by atoms with van der Waals surface area (Å²) in [7, 11) is 2.01. The molecule has 3 rings (SSSR count). The second-order valence-electron chi connectivity index (χ2n) is 7.23. The van der Waals surface area contributed by atoms with E-state index in [0.717, 1.165) is 12.7 Å². The lowest BCUT2D eigenvalue weighted by Crippen LogP contribution is -2.50. The topological polar surface area (TPSA) is 68.4 Å². The van der Waals surface area contributed by atoms with Gasteiger partial charge in [0.05, 0.1) is 22.5 Å². The first kappa shape index (κ1) is 21.5. The molecule has 0 spiro atoms. The number of halogens is 3. The number of terminal acetylenes is 1. The van der Waals surface area contributed by atoms with E-state index in [-0.39, 0.29) is 6.04 Å². The largest absolute Gasteiger partial charge is 0.417 e. The van der Waals surface area contributed by atoms with E-state index in [4.69, 9.17) is 6.42 Å². The molecule has 158 valence electrons. The van der Waals surface area contributed by atoms with Crippen LogP contribution >= 0.6 is 0 Å². The van der Waals surface area contributed by atoms with E-state index in [1.807, 2.05) is 7.05 Å². The molecule has 2 aromatic rings. The predicted octanol–water partition coefficient (Wildman–Crippen LogP) is 2.77. The molecule has 0 unspecified atom stereocenters. The van der Waals surface area contributed by atoms with Crippen LogP contribution in [0.4, 0.5) is 24.5 Å². The molecule has 1 fully saturated rings. The highest BCUT2D eigenvalue weighted by atomic mass is 19.4. The SMILES string of the molecule is C#Cc1ccc(N2CCN(C)[C@@H](C)C2)c(NC(=O)c2c[nH]c(=O)cc2C(F)(F)F)c1. The Balaban J connectivity index is 1.98. The Hall–Kier alpha value is -3.25. The summed E-state index contributed by atoms with van der Waals surface area (Å²) >= 11 is 0. The number of carbonyl (C=O) groups is 1. The van der Waals surface area contributed by atoms with Gasteiger partial charge < -0.3 is 20.1 Å². The first-order valence-corrected chi connectivity index (χ1v) is 9.27. The van der Waals surface area contributed by atoms with E-state index < -0.39 is 28.8 Å². The Kier molecular flexibility index (Phi) is 5.89. The van der Waals surface area contributed by atoms with Crippen LogP contribution in [0.15, 0.2) is 35.3 Å². The fourth-order valence-corrected chi connectivity index (χ4v) is 3.35. The van der Waals surface area contributed by atoms with Gasteiger partial charge >= 0.3 is 6.18 Å². The van der Waals surface area contributed by atoms with E-state index in [2.05, 4.69) is 32.9 Å². The van der Waals surface area contributed by atoms with Crippen molar-refractivity contribution in [3.8, 4) is 12.3 Å². The minimum Gasteiger partial charge on any atom is -0.367 e. The molecule has 0 saturated carbocycles. The van der Waals surface area contributed by atoms with Crippen LogP contribution in [0, 0.1) is 12.3 Å². The maximum Gasteiger partial charge on any atom is 0.417 e. The van der Waals surface area contributed by atoms with Crippen LogP contribution in [0.25, 0.3) is 0 Å². The van der Waals surface area contributed by atoms with Gasteiger partial charge in [-0.1, -0.05) is 5.92 Å². The molecule has 1 saturated heterocycles. The van der Waals surface area contributed by atoms with Crippen molar-refractivity contribution in [3.05, 3.63) is 57.5 Å². The highest BCUT2D eigenvalue weighted by molar-refractivity contribution is 6.07. The summed E-state index contributed by atoms with van der Waals surface area (Å²) < 4.78 is 40.0. The van der Waals surface area contributed by atoms with E-state index in [0.29, 0.717) is 36.1 Å². The van der Waals surface area contributed by atoms with E-state index in [1.165, 1.54) is 0 Å². The highest BCUT2D eigenvalue weighted by Crippen LogP contribution is 2.33. The second kappa shape index (κ2) is 8.24. The van der Waals surface area contributed by atoms with Crippen LogP contribution in [-0.4, -0.2) is 48.5 Å². The molecule has 1 aromatic carbocycles. The van der Waals surface area contributed by atoms with Gasteiger partial charge in [0.15, 0.2) is 0 Å². The number of nitrogens with zero attached hydrogens (tertiary/aromatic N) is 2. The molecule has 6 nitrogen and oxygen atoms in total. The van der Waals surface area contributed by atoms with Crippen LogP contribution in [-0.2, 0) is 6.18 Å². The smallest absolute Gasteiger partial charge is 0.367 e. The zero-order valence-electron chi connectivity index (χ0n) is 16.5. The van der Waals surface area contributed by atoms with Crippen LogP contribution in [0.5, 0.6) is 0 Å². The number of aromatic nitrogens is 1. The van der Waals surface area contributed by atoms with Gasteiger partial charge in [-0.25, -0.2) is 0 Å². The van der Waals surface area contributed by atoms with Crippen LogP contribution < -0.4 is 15.8 Å². The number of piperazine rings is 1. The predicted molar refractivity (Wildman–Crippen MR) is 109 cm³/mol. The van der Waals surface area contributed by atoms with Crippen LogP contribution in [0.2, 0.25) is 0 Å². The Morgan fingerprint density at radius 2 is 2.03 bits per heavy atom. The molecule has 1 aliphatic rings. The minimum atomic E-state index is -4.85. The average molecular weight is 418 g/mol. The molecule has 1 aliphatic heterocycles. The van der Waals surface area contributed by atoms with Crippen molar-refractivity contribution in [2.24, 2.45) is 0 Å². The van der Waals surface area contributed by atoms with E-state index in [1.54, 1.807) is 18.2 Å². The molecular weight excluding hydrogens is 397 g/mol. The number of aromatic amines is 1. The number of anilines is 2. The van der Waals surface area contributed by atoms with Gasteiger partial charge in [-0.15, -0.1) is 6.42 Å².